The van der Waals surface area contributed by atoms with E-state index in [4.69, 9.17) is 5.73 Å². The van der Waals surface area contributed by atoms with Crippen LogP contribution in [0.25, 0.3) is 0 Å². The molecule has 1 aliphatic heterocycles. The van der Waals surface area contributed by atoms with Crippen molar-refractivity contribution in [1.82, 2.24) is 10.3 Å². The molecule has 1 aliphatic rings. The lowest BCUT2D eigenvalue weighted by Gasteiger charge is -2.22. The Bertz CT molecular complexity index is 457. The minimum absolute atomic E-state index is 0.0800. The van der Waals surface area contributed by atoms with E-state index >= 15 is 0 Å². The van der Waals surface area contributed by atoms with Crippen LogP contribution in [0.1, 0.15) is 35.9 Å². The smallest absolute Gasteiger partial charge is 0.265 e. The Balaban J connectivity index is 2.01. The Morgan fingerprint density at radius 1 is 1.60 bits per heavy atom. The van der Waals surface area contributed by atoms with Crippen LogP contribution in [0, 0.1) is 0 Å². The van der Waals surface area contributed by atoms with E-state index in [9.17, 15) is 4.79 Å². The van der Waals surface area contributed by atoms with Crippen LogP contribution in [-0.4, -0.2) is 42.0 Å². The molecule has 1 fully saturated rings. The van der Waals surface area contributed by atoms with Gasteiger partial charge in [-0.15, -0.1) is 0 Å². The first-order valence-electron chi connectivity index (χ1n) is 6.97. The summed E-state index contributed by atoms with van der Waals surface area (Å²) in [6, 6.07) is 0.263. The van der Waals surface area contributed by atoms with Gasteiger partial charge < -0.3 is 16.0 Å². The number of nitrogens with zero attached hydrogens (tertiary/aromatic N) is 2. The van der Waals surface area contributed by atoms with Gasteiger partial charge >= 0.3 is 0 Å². The number of nitrogen functional groups attached to an aromatic ring is 1. The van der Waals surface area contributed by atoms with E-state index in [2.05, 4.69) is 17.2 Å². The number of anilines is 2. The monoisotopic (exact) mass is 314 g/mol. The number of thiazole rings is 1. The minimum atomic E-state index is -0.0800. The third-order valence-corrected chi connectivity index (χ3v) is 5.63. The number of aromatic nitrogens is 1. The Hall–Kier alpha value is -0.950. The summed E-state index contributed by atoms with van der Waals surface area (Å²) in [6.07, 6.45) is 3.26. The van der Waals surface area contributed by atoms with Crippen LogP contribution in [0.4, 0.5) is 10.9 Å². The molecular weight excluding hydrogens is 292 g/mol. The predicted octanol–water partition coefficient (Wildman–Crippen LogP) is 2.20. The standard InChI is InChI=1S/C13H22N4OS2/c1-3-6-17(2)13-16-11(14)10(20-13)12(18)15-9-5-4-7-19-8-9/h9H,3-8,14H2,1-2H3,(H,15,18). The SMILES string of the molecule is CCCN(C)c1nc(N)c(C(=O)NC2CCCSC2)s1. The second-order valence-corrected chi connectivity index (χ2v) is 7.15. The first-order chi connectivity index (χ1) is 9.61. The Labute approximate surface area is 128 Å². The van der Waals surface area contributed by atoms with Gasteiger partial charge in [0, 0.05) is 25.4 Å². The third-order valence-electron chi connectivity index (χ3n) is 3.23. The van der Waals surface area contributed by atoms with Crippen molar-refractivity contribution in [3.8, 4) is 0 Å². The Morgan fingerprint density at radius 3 is 3.05 bits per heavy atom. The van der Waals surface area contributed by atoms with E-state index in [1.165, 1.54) is 17.1 Å². The van der Waals surface area contributed by atoms with Crippen LogP contribution in [0.3, 0.4) is 0 Å². The van der Waals surface area contributed by atoms with Crippen molar-refractivity contribution >= 4 is 40.0 Å². The molecule has 7 heteroatoms. The topological polar surface area (TPSA) is 71.2 Å². The summed E-state index contributed by atoms with van der Waals surface area (Å²) in [5.74, 6) is 2.45. The summed E-state index contributed by atoms with van der Waals surface area (Å²) in [7, 11) is 1.97. The molecule has 1 unspecified atom stereocenters. The Morgan fingerprint density at radius 2 is 2.40 bits per heavy atom. The van der Waals surface area contributed by atoms with Crippen molar-refractivity contribution in [3.05, 3.63) is 4.88 Å². The van der Waals surface area contributed by atoms with Crippen molar-refractivity contribution in [2.45, 2.75) is 32.2 Å². The zero-order chi connectivity index (χ0) is 14.5. The molecule has 1 saturated heterocycles. The maximum Gasteiger partial charge on any atom is 0.265 e. The van der Waals surface area contributed by atoms with Crippen LogP contribution in [0.15, 0.2) is 0 Å². The number of nitrogens with one attached hydrogen (secondary N) is 1. The average molecular weight is 314 g/mol. The zero-order valence-corrected chi connectivity index (χ0v) is 13.6. The molecule has 0 aliphatic carbocycles. The molecular formula is C13H22N4OS2. The maximum atomic E-state index is 12.3. The van der Waals surface area contributed by atoms with Crippen molar-refractivity contribution in [2.24, 2.45) is 0 Å². The molecule has 1 amide bonds. The van der Waals surface area contributed by atoms with Gasteiger partial charge in [-0.1, -0.05) is 18.3 Å². The second-order valence-electron chi connectivity index (χ2n) is 5.02. The van der Waals surface area contributed by atoms with Gasteiger partial charge in [0.1, 0.15) is 10.7 Å². The number of thioether (sulfide) groups is 1. The van der Waals surface area contributed by atoms with Crippen LogP contribution >= 0.6 is 23.1 Å². The number of amides is 1. The molecule has 2 heterocycles. The molecule has 0 spiro atoms. The molecule has 0 saturated carbocycles. The van der Waals surface area contributed by atoms with Crippen molar-refractivity contribution < 1.29 is 4.79 Å². The van der Waals surface area contributed by atoms with Crippen LogP contribution in [-0.2, 0) is 0 Å². The van der Waals surface area contributed by atoms with Gasteiger partial charge in [0.25, 0.3) is 5.91 Å². The zero-order valence-electron chi connectivity index (χ0n) is 12.0. The number of nitrogens with two attached hydrogens (primary N) is 1. The molecule has 1 atom stereocenters. The molecule has 20 heavy (non-hydrogen) atoms. The van der Waals surface area contributed by atoms with Gasteiger partial charge in [-0.2, -0.15) is 11.8 Å². The van der Waals surface area contributed by atoms with Crippen LogP contribution in [0.5, 0.6) is 0 Å². The maximum absolute atomic E-state index is 12.3. The summed E-state index contributed by atoms with van der Waals surface area (Å²) in [4.78, 5) is 19.2. The summed E-state index contributed by atoms with van der Waals surface area (Å²) < 4.78 is 0. The lowest BCUT2D eigenvalue weighted by molar-refractivity contribution is 0.0943. The lowest BCUT2D eigenvalue weighted by Crippen LogP contribution is -2.38. The fourth-order valence-electron chi connectivity index (χ4n) is 2.18. The van der Waals surface area contributed by atoms with E-state index in [0.717, 1.165) is 36.7 Å². The highest BCUT2D eigenvalue weighted by atomic mass is 32.2. The highest BCUT2D eigenvalue weighted by Gasteiger charge is 2.22. The third kappa shape index (κ3) is 3.79. The van der Waals surface area contributed by atoms with E-state index in [0.29, 0.717) is 10.7 Å². The van der Waals surface area contributed by atoms with Crippen molar-refractivity contribution in [2.75, 3.05) is 35.7 Å². The molecule has 3 N–H and O–H groups in total. The van der Waals surface area contributed by atoms with Gasteiger partial charge in [-0.05, 0) is 25.0 Å². The molecule has 0 bridgehead atoms. The predicted molar refractivity (Wildman–Crippen MR) is 87.9 cm³/mol. The summed E-state index contributed by atoms with van der Waals surface area (Å²) in [5.41, 5.74) is 5.89. The quantitative estimate of drug-likeness (QED) is 0.872. The van der Waals surface area contributed by atoms with Gasteiger partial charge in [0.05, 0.1) is 0 Å². The van der Waals surface area contributed by atoms with E-state index in [-0.39, 0.29) is 11.9 Å². The molecule has 2 rings (SSSR count). The number of rotatable bonds is 5. The van der Waals surface area contributed by atoms with Gasteiger partial charge in [-0.3, -0.25) is 4.79 Å². The number of carbonyl (C=O) groups excluding carboxylic acids is 1. The molecule has 1 aromatic rings. The number of carbonyl (C=O) groups is 1. The summed E-state index contributed by atoms with van der Waals surface area (Å²) in [5, 5.41) is 3.88. The molecule has 5 nitrogen and oxygen atoms in total. The molecule has 112 valence electrons. The Kier molecular flexibility index (Phi) is 5.54. The average Bonchev–Trinajstić information content (AvgIpc) is 2.82. The first-order valence-corrected chi connectivity index (χ1v) is 8.95. The minimum Gasteiger partial charge on any atom is -0.382 e. The fraction of sp³-hybridized carbons (Fsp3) is 0.692. The van der Waals surface area contributed by atoms with Crippen molar-refractivity contribution in [1.29, 1.82) is 0 Å². The first kappa shape index (κ1) is 15.4. The highest BCUT2D eigenvalue weighted by Crippen LogP contribution is 2.28. The summed E-state index contributed by atoms with van der Waals surface area (Å²) in [6.45, 7) is 3.02. The van der Waals surface area contributed by atoms with Crippen LogP contribution in [0.2, 0.25) is 0 Å². The highest BCUT2D eigenvalue weighted by molar-refractivity contribution is 7.99. The van der Waals surface area contributed by atoms with E-state index < -0.39 is 0 Å². The summed E-state index contributed by atoms with van der Waals surface area (Å²) >= 11 is 3.27. The largest absolute Gasteiger partial charge is 0.382 e. The fourth-order valence-corrected chi connectivity index (χ4v) is 4.13. The number of hydrogen-bond acceptors (Lipinski definition) is 6. The van der Waals surface area contributed by atoms with Crippen molar-refractivity contribution in [3.63, 3.8) is 0 Å². The van der Waals surface area contributed by atoms with Crippen LogP contribution < -0.4 is 16.0 Å². The van der Waals surface area contributed by atoms with Gasteiger partial charge in [0.15, 0.2) is 5.13 Å². The molecule has 1 aromatic heterocycles. The normalized spacial score (nSPS) is 18.8. The van der Waals surface area contributed by atoms with E-state index in [1.54, 1.807) is 0 Å². The molecule has 0 aromatic carbocycles. The van der Waals surface area contributed by atoms with Gasteiger partial charge in [-0.25, -0.2) is 4.98 Å². The molecule has 0 radical (unpaired) electrons. The lowest BCUT2D eigenvalue weighted by atomic mass is 10.2. The van der Waals surface area contributed by atoms with E-state index in [1.807, 2.05) is 23.7 Å². The number of hydrogen-bond donors (Lipinski definition) is 2. The second kappa shape index (κ2) is 7.17. The van der Waals surface area contributed by atoms with Gasteiger partial charge in [0.2, 0.25) is 0 Å².